The molecule has 4 heteroatoms. The number of nitrogens with zero attached hydrogens (tertiary/aromatic N) is 1. The highest BCUT2D eigenvalue weighted by atomic mass is 79.9. The normalized spacial score (nSPS) is 10.7. The molecule has 3 rings (SSSR count). The number of anilines is 1. The summed E-state index contributed by atoms with van der Waals surface area (Å²) in [5.74, 6) is -0.276. The lowest BCUT2D eigenvalue weighted by Gasteiger charge is -2.07. The highest BCUT2D eigenvalue weighted by Crippen LogP contribution is 2.20. The Morgan fingerprint density at radius 3 is 2.75 bits per heavy atom. The molecule has 20 heavy (non-hydrogen) atoms. The number of fused-ring (bicyclic) bond motifs is 1. The first-order valence-electron chi connectivity index (χ1n) is 6.26. The van der Waals surface area contributed by atoms with Gasteiger partial charge in [-0.1, -0.05) is 24.3 Å². The van der Waals surface area contributed by atoms with Crippen molar-refractivity contribution in [2.75, 3.05) is 5.32 Å². The highest BCUT2D eigenvalue weighted by molar-refractivity contribution is 9.10. The van der Waals surface area contributed by atoms with Crippen LogP contribution in [0.25, 0.3) is 10.9 Å². The molecule has 0 aliphatic rings. The number of aromatic nitrogens is 1. The van der Waals surface area contributed by atoms with E-state index in [0.717, 1.165) is 22.3 Å². The molecule has 100 valence electrons. The van der Waals surface area contributed by atoms with Crippen LogP contribution in [0.3, 0.4) is 0 Å². The minimum atomic E-state index is -0.276. The van der Waals surface area contributed by atoms with Crippen LogP contribution >= 0.6 is 15.9 Å². The molecular formula is C16H12BrFN2. The summed E-state index contributed by atoms with van der Waals surface area (Å²) >= 11 is 3.14. The molecular weight excluding hydrogens is 319 g/mol. The molecule has 0 aliphatic heterocycles. The van der Waals surface area contributed by atoms with Gasteiger partial charge in [-0.05, 0) is 46.3 Å². The highest BCUT2D eigenvalue weighted by Gasteiger charge is 2.02. The number of benzene rings is 2. The summed E-state index contributed by atoms with van der Waals surface area (Å²) in [6.07, 6.45) is 0. The van der Waals surface area contributed by atoms with E-state index in [0.29, 0.717) is 11.0 Å². The second kappa shape index (κ2) is 5.59. The van der Waals surface area contributed by atoms with E-state index >= 15 is 0 Å². The van der Waals surface area contributed by atoms with Gasteiger partial charge >= 0.3 is 0 Å². The van der Waals surface area contributed by atoms with Gasteiger partial charge in [0, 0.05) is 11.1 Å². The molecule has 0 bridgehead atoms. The molecule has 1 aromatic heterocycles. The van der Waals surface area contributed by atoms with E-state index in [9.17, 15) is 4.39 Å². The average Bonchev–Trinajstić information content (AvgIpc) is 2.48. The van der Waals surface area contributed by atoms with Gasteiger partial charge in [-0.15, -0.1) is 0 Å². The topological polar surface area (TPSA) is 24.9 Å². The summed E-state index contributed by atoms with van der Waals surface area (Å²) in [5.41, 5.74) is 2.63. The van der Waals surface area contributed by atoms with Crippen LogP contribution in [0.4, 0.5) is 10.1 Å². The van der Waals surface area contributed by atoms with E-state index in [1.807, 2.05) is 42.5 Å². The predicted octanol–water partition coefficient (Wildman–Crippen LogP) is 4.75. The summed E-state index contributed by atoms with van der Waals surface area (Å²) in [7, 11) is 0. The molecule has 0 unspecified atom stereocenters. The molecule has 3 aromatic rings. The van der Waals surface area contributed by atoms with Crippen molar-refractivity contribution in [3.8, 4) is 0 Å². The second-order valence-corrected chi connectivity index (χ2v) is 5.33. The second-order valence-electron chi connectivity index (χ2n) is 4.48. The van der Waals surface area contributed by atoms with Gasteiger partial charge < -0.3 is 5.32 Å². The van der Waals surface area contributed by atoms with Crippen molar-refractivity contribution in [2.45, 2.75) is 6.54 Å². The van der Waals surface area contributed by atoms with Gasteiger partial charge in [-0.25, -0.2) is 4.39 Å². The molecule has 0 radical (unpaired) electrons. The van der Waals surface area contributed by atoms with E-state index in [1.165, 1.54) is 6.07 Å². The fraction of sp³-hybridized carbons (Fsp3) is 0.0625. The molecule has 2 aromatic carbocycles. The van der Waals surface area contributed by atoms with Crippen LogP contribution < -0.4 is 5.32 Å². The Morgan fingerprint density at radius 2 is 1.90 bits per heavy atom. The Hall–Kier alpha value is -1.94. The lowest BCUT2D eigenvalue weighted by atomic mass is 10.2. The molecule has 0 amide bonds. The molecule has 2 nitrogen and oxygen atoms in total. The molecule has 0 saturated heterocycles. The summed E-state index contributed by atoms with van der Waals surface area (Å²) in [4.78, 5) is 4.56. The largest absolute Gasteiger partial charge is 0.379 e. The van der Waals surface area contributed by atoms with Crippen LogP contribution in [-0.4, -0.2) is 4.98 Å². The van der Waals surface area contributed by atoms with Gasteiger partial charge in [0.05, 0.1) is 22.2 Å². The van der Waals surface area contributed by atoms with Crippen LogP contribution in [0.15, 0.2) is 59.1 Å². The lowest BCUT2D eigenvalue weighted by molar-refractivity contribution is 0.621. The van der Waals surface area contributed by atoms with E-state index < -0.39 is 0 Å². The maximum Gasteiger partial charge on any atom is 0.139 e. The number of nitrogens with one attached hydrogen (secondary N) is 1. The number of para-hydroxylation sites is 1. The predicted molar refractivity (Wildman–Crippen MR) is 83.2 cm³/mol. The summed E-state index contributed by atoms with van der Waals surface area (Å²) < 4.78 is 13.9. The zero-order chi connectivity index (χ0) is 13.9. The number of rotatable bonds is 3. The van der Waals surface area contributed by atoms with Crippen LogP contribution in [0, 0.1) is 5.82 Å². The number of hydrogen-bond acceptors (Lipinski definition) is 2. The third kappa shape index (κ3) is 2.80. The first kappa shape index (κ1) is 13.1. The van der Waals surface area contributed by atoms with Crippen molar-refractivity contribution < 1.29 is 4.39 Å². The van der Waals surface area contributed by atoms with E-state index in [1.54, 1.807) is 6.07 Å². The van der Waals surface area contributed by atoms with E-state index in [2.05, 4.69) is 26.2 Å². The van der Waals surface area contributed by atoms with E-state index in [-0.39, 0.29) is 5.82 Å². The SMILES string of the molecule is Fc1cc(NCc2ccc3ccccc3n2)ccc1Br. The number of pyridine rings is 1. The quantitative estimate of drug-likeness (QED) is 0.749. The Balaban J connectivity index is 1.77. The van der Waals surface area contributed by atoms with Gasteiger partial charge in [-0.2, -0.15) is 0 Å². The molecule has 1 N–H and O–H groups in total. The zero-order valence-electron chi connectivity index (χ0n) is 10.6. The standard InChI is InChI=1S/C16H12BrFN2/c17-14-8-7-12(9-15(14)18)19-10-13-6-5-11-3-1-2-4-16(11)20-13/h1-9,19H,10H2. The fourth-order valence-corrected chi connectivity index (χ4v) is 2.25. The molecule has 0 fully saturated rings. The van der Waals surface area contributed by atoms with Gasteiger partial charge in [0.2, 0.25) is 0 Å². The van der Waals surface area contributed by atoms with Crippen LogP contribution in [-0.2, 0) is 6.54 Å². The first-order chi connectivity index (χ1) is 9.72. The Labute approximate surface area is 124 Å². The van der Waals surface area contributed by atoms with Crippen molar-refractivity contribution in [3.63, 3.8) is 0 Å². The molecule has 0 aliphatic carbocycles. The van der Waals surface area contributed by atoms with Crippen LogP contribution in [0.2, 0.25) is 0 Å². The molecule has 0 saturated carbocycles. The fourth-order valence-electron chi connectivity index (χ4n) is 2.01. The summed E-state index contributed by atoms with van der Waals surface area (Å²) in [6.45, 7) is 0.561. The van der Waals surface area contributed by atoms with Crippen molar-refractivity contribution in [3.05, 3.63) is 70.6 Å². The van der Waals surface area contributed by atoms with Gasteiger partial charge in [-0.3, -0.25) is 4.98 Å². The smallest absolute Gasteiger partial charge is 0.139 e. The molecule has 1 heterocycles. The Kier molecular flexibility index (Phi) is 3.65. The zero-order valence-corrected chi connectivity index (χ0v) is 12.2. The maximum atomic E-state index is 13.4. The van der Waals surface area contributed by atoms with E-state index in [4.69, 9.17) is 0 Å². The van der Waals surface area contributed by atoms with Crippen molar-refractivity contribution in [2.24, 2.45) is 0 Å². The van der Waals surface area contributed by atoms with Gasteiger partial charge in [0.15, 0.2) is 0 Å². The monoisotopic (exact) mass is 330 g/mol. The van der Waals surface area contributed by atoms with Crippen LogP contribution in [0.5, 0.6) is 0 Å². The number of hydrogen-bond donors (Lipinski definition) is 1. The third-order valence-corrected chi connectivity index (χ3v) is 3.69. The van der Waals surface area contributed by atoms with Crippen molar-refractivity contribution in [1.29, 1.82) is 0 Å². The minimum absolute atomic E-state index is 0.276. The van der Waals surface area contributed by atoms with Gasteiger partial charge in [0.1, 0.15) is 5.82 Å². The van der Waals surface area contributed by atoms with Crippen LogP contribution in [0.1, 0.15) is 5.69 Å². The minimum Gasteiger partial charge on any atom is -0.379 e. The summed E-state index contributed by atoms with van der Waals surface area (Å²) in [5, 5.41) is 4.29. The average molecular weight is 331 g/mol. The lowest BCUT2D eigenvalue weighted by Crippen LogP contribution is -2.02. The summed E-state index contributed by atoms with van der Waals surface area (Å²) in [6, 6.07) is 17.0. The molecule has 0 atom stereocenters. The third-order valence-electron chi connectivity index (χ3n) is 3.05. The molecule has 0 spiro atoms. The Bertz CT molecular complexity index is 758. The first-order valence-corrected chi connectivity index (χ1v) is 7.05. The van der Waals surface area contributed by atoms with Crippen molar-refractivity contribution >= 4 is 32.5 Å². The number of halogens is 2. The maximum absolute atomic E-state index is 13.4. The van der Waals surface area contributed by atoms with Gasteiger partial charge in [0.25, 0.3) is 0 Å². The Morgan fingerprint density at radius 1 is 1.05 bits per heavy atom. The van der Waals surface area contributed by atoms with Crippen molar-refractivity contribution in [1.82, 2.24) is 4.98 Å².